The SMILES string of the molecule is COc1cccnc1-c1cc(=S)nc(C(F)(F)F)[nH]1. The Morgan fingerprint density at radius 1 is 1.37 bits per heavy atom. The maximum Gasteiger partial charge on any atom is 0.449 e. The highest BCUT2D eigenvalue weighted by Crippen LogP contribution is 2.30. The molecule has 0 saturated carbocycles. The van der Waals surface area contributed by atoms with Crippen LogP contribution in [0.15, 0.2) is 24.4 Å². The molecule has 2 aromatic rings. The lowest BCUT2D eigenvalue weighted by Gasteiger charge is -2.10. The van der Waals surface area contributed by atoms with Gasteiger partial charge in [0.25, 0.3) is 0 Å². The predicted molar refractivity (Wildman–Crippen MR) is 64.2 cm³/mol. The van der Waals surface area contributed by atoms with Crippen molar-refractivity contribution in [3.05, 3.63) is 34.9 Å². The number of pyridine rings is 1. The first-order chi connectivity index (χ1) is 8.91. The zero-order chi connectivity index (χ0) is 14.0. The topological polar surface area (TPSA) is 50.8 Å². The standard InChI is InChI=1S/C11H8F3N3OS/c1-18-7-3-2-4-15-9(7)6-5-8(19)17-10(16-6)11(12,13)14/h2-5H,1H3,(H,16,17,19). The van der Waals surface area contributed by atoms with Crippen LogP contribution in [0.2, 0.25) is 0 Å². The molecule has 0 radical (unpaired) electrons. The van der Waals surface area contributed by atoms with Crippen molar-refractivity contribution in [1.29, 1.82) is 0 Å². The Bertz CT molecular complexity index is 654. The number of alkyl halides is 3. The fourth-order valence-corrected chi connectivity index (χ4v) is 1.69. The van der Waals surface area contributed by atoms with Gasteiger partial charge in [0, 0.05) is 12.3 Å². The van der Waals surface area contributed by atoms with Gasteiger partial charge in [0.2, 0.25) is 5.82 Å². The average molecular weight is 287 g/mol. The zero-order valence-corrected chi connectivity index (χ0v) is 10.5. The molecule has 2 heterocycles. The molecule has 2 rings (SSSR count). The van der Waals surface area contributed by atoms with Gasteiger partial charge in [0.15, 0.2) is 0 Å². The largest absolute Gasteiger partial charge is 0.494 e. The maximum absolute atomic E-state index is 12.7. The van der Waals surface area contributed by atoms with Crippen LogP contribution in [-0.4, -0.2) is 22.1 Å². The van der Waals surface area contributed by atoms with Crippen LogP contribution < -0.4 is 4.74 Å². The molecule has 0 spiro atoms. The minimum atomic E-state index is -4.61. The Hall–Kier alpha value is -1.96. The summed E-state index contributed by atoms with van der Waals surface area (Å²) in [4.78, 5) is 9.41. The van der Waals surface area contributed by atoms with Crippen LogP contribution in [0.25, 0.3) is 11.4 Å². The van der Waals surface area contributed by atoms with E-state index in [4.69, 9.17) is 17.0 Å². The van der Waals surface area contributed by atoms with Gasteiger partial charge in [0.1, 0.15) is 16.1 Å². The molecule has 19 heavy (non-hydrogen) atoms. The number of aromatic amines is 1. The summed E-state index contributed by atoms with van der Waals surface area (Å²) < 4.78 is 42.8. The van der Waals surface area contributed by atoms with Crippen LogP contribution >= 0.6 is 12.2 Å². The summed E-state index contributed by atoms with van der Waals surface area (Å²) in [6.07, 6.45) is -3.16. The van der Waals surface area contributed by atoms with E-state index < -0.39 is 12.0 Å². The smallest absolute Gasteiger partial charge is 0.449 e. The van der Waals surface area contributed by atoms with Crippen LogP contribution in [0.1, 0.15) is 5.82 Å². The third kappa shape index (κ3) is 2.90. The molecule has 2 aromatic heterocycles. The van der Waals surface area contributed by atoms with Crippen molar-refractivity contribution < 1.29 is 17.9 Å². The number of nitrogens with one attached hydrogen (secondary N) is 1. The van der Waals surface area contributed by atoms with Crippen molar-refractivity contribution in [3.8, 4) is 17.1 Å². The second-order valence-corrected chi connectivity index (χ2v) is 3.95. The van der Waals surface area contributed by atoms with E-state index in [1.165, 1.54) is 19.4 Å². The first-order valence-corrected chi connectivity index (χ1v) is 5.50. The van der Waals surface area contributed by atoms with E-state index in [0.717, 1.165) is 0 Å². The number of methoxy groups -OCH3 is 1. The molecule has 0 bridgehead atoms. The molecule has 1 N–H and O–H groups in total. The number of ether oxygens (including phenoxy) is 1. The van der Waals surface area contributed by atoms with E-state index in [0.29, 0.717) is 5.75 Å². The Morgan fingerprint density at radius 2 is 2.11 bits per heavy atom. The maximum atomic E-state index is 12.7. The van der Waals surface area contributed by atoms with E-state index in [1.54, 1.807) is 12.1 Å². The number of hydrogen-bond acceptors (Lipinski definition) is 4. The lowest BCUT2D eigenvalue weighted by molar-refractivity contribution is -0.145. The van der Waals surface area contributed by atoms with E-state index in [1.807, 2.05) is 0 Å². The lowest BCUT2D eigenvalue weighted by Crippen LogP contribution is -2.12. The van der Waals surface area contributed by atoms with E-state index in [-0.39, 0.29) is 16.0 Å². The molecule has 0 fully saturated rings. The molecule has 8 heteroatoms. The van der Waals surface area contributed by atoms with Crippen LogP contribution in [-0.2, 0) is 6.18 Å². The van der Waals surface area contributed by atoms with E-state index in [9.17, 15) is 13.2 Å². The molecule has 0 aliphatic heterocycles. The second kappa shape index (κ2) is 4.96. The molecule has 4 nitrogen and oxygen atoms in total. The third-order valence-electron chi connectivity index (χ3n) is 2.26. The molecule has 0 aromatic carbocycles. The van der Waals surface area contributed by atoms with Crippen molar-refractivity contribution in [3.63, 3.8) is 0 Å². The van der Waals surface area contributed by atoms with Crippen molar-refractivity contribution in [2.45, 2.75) is 6.18 Å². The Balaban J connectivity index is 2.63. The van der Waals surface area contributed by atoms with Gasteiger partial charge in [-0.2, -0.15) is 13.2 Å². The van der Waals surface area contributed by atoms with Crippen molar-refractivity contribution >= 4 is 12.2 Å². The minimum Gasteiger partial charge on any atom is -0.494 e. The monoisotopic (exact) mass is 287 g/mol. The summed E-state index contributed by atoms with van der Waals surface area (Å²) in [6, 6.07) is 4.51. The predicted octanol–water partition coefficient (Wildman–Crippen LogP) is 3.23. The summed E-state index contributed by atoms with van der Waals surface area (Å²) in [6.45, 7) is 0. The van der Waals surface area contributed by atoms with Gasteiger partial charge in [-0.25, -0.2) is 4.98 Å². The molecular weight excluding hydrogens is 279 g/mol. The summed E-state index contributed by atoms with van der Waals surface area (Å²) in [5.74, 6) is -0.824. The molecule has 0 aliphatic carbocycles. The van der Waals surface area contributed by atoms with Gasteiger partial charge < -0.3 is 9.72 Å². The molecule has 0 unspecified atom stereocenters. The highest BCUT2D eigenvalue weighted by molar-refractivity contribution is 7.71. The summed E-state index contributed by atoms with van der Waals surface area (Å²) in [7, 11) is 1.40. The molecule has 100 valence electrons. The first kappa shape index (κ1) is 13.5. The Morgan fingerprint density at radius 3 is 2.74 bits per heavy atom. The second-order valence-electron chi connectivity index (χ2n) is 3.53. The molecular formula is C11H8F3N3OS. The summed E-state index contributed by atoms with van der Waals surface area (Å²) >= 11 is 4.74. The van der Waals surface area contributed by atoms with Gasteiger partial charge in [-0.3, -0.25) is 4.98 Å². The van der Waals surface area contributed by atoms with Crippen molar-refractivity contribution in [2.75, 3.05) is 7.11 Å². The van der Waals surface area contributed by atoms with Crippen LogP contribution in [0.4, 0.5) is 13.2 Å². The number of halogens is 3. The molecule has 0 saturated heterocycles. The van der Waals surface area contributed by atoms with Gasteiger partial charge in [-0.1, -0.05) is 12.2 Å². The zero-order valence-electron chi connectivity index (χ0n) is 9.65. The fraction of sp³-hybridized carbons (Fsp3) is 0.182. The van der Waals surface area contributed by atoms with Crippen LogP contribution in [0, 0.1) is 4.64 Å². The van der Waals surface area contributed by atoms with Gasteiger partial charge in [-0.15, -0.1) is 0 Å². The highest BCUT2D eigenvalue weighted by Gasteiger charge is 2.34. The quantitative estimate of drug-likeness (QED) is 0.862. The Kier molecular flexibility index (Phi) is 3.52. The van der Waals surface area contributed by atoms with Crippen molar-refractivity contribution in [1.82, 2.24) is 15.0 Å². The molecule has 0 atom stereocenters. The van der Waals surface area contributed by atoms with Gasteiger partial charge in [-0.05, 0) is 12.1 Å². The first-order valence-electron chi connectivity index (χ1n) is 5.10. The fourth-order valence-electron chi connectivity index (χ4n) is 1.48. The van der Waals surface area contributed by atoms with Gasteiger partial charge in [0.05, 0.1) is 12.8 Å². The van der Waals surface area contributed by atoms with Crippen LogP contribution in [0.3, 0.4) is 0 Å². The van der Waals surface area contributed by atoms with Gasteiger partial charge >= 0.3 is 6.18 Å². The summed E-state index contributed by atoms with van der Waals surface area (Å²) in [5, 5.41) is 0. The highest BCUT2D eigenvalue weighted by atomic mass is 32.1. The Labute approximate surface area is 111 Å². The number of rotatable bonds is 2. The number of hydrogen-bond donors (Lipinski definition) is 1. The number of H-pyrrole nitrogens is 1. The molecule has 0 aliphatic rings. The van der Waals surface area contributed by atoms with Crippen molar-refractivity contribution in [2.24, 2.45) is 0 Å². The average Bonchev–Trinajstić information content (AvgIpc) is 2.37. The third-order valence-corrected chi connectivity index (χ3v) is 2.47. The lowest BCUT2D eigenvalue weighted by atomic mass is 10.2. The minimum absolute atomic E-state index is 0.102. The summed E-state index contributed by atoms with van der Waals surface area (Å²) in [5.41, 5.74) is 0.341. The number of aromatic nitrogens is 3. The van der Waals surface area contributed by atoms with Crippen LogP contribution in [0.5, 0.6) is 5.75 Å². The van der Waals surface area contributed by atoms with E-state index >= 15 is 0 Å². The molecule has 0 amide bonds. The van der Waals surface area contributed by atoms with E-state index in [2.05, 4.69) is 15.0 Å². The normalized spacial score (nSPS) is 11.4. The number of nitrogens with zero attached hydrogens (tertiary/aromatic N) is 2.